The summed E-state index contributed by atoms with van der Waals surface area (Å²) in [7, 11) is 2.04. The van der Waals surface area contributed by atoms with Crippen LogP contribution in [0.4, 0.5) is 4.39 Å². The standard InChI is InChI=1S/C18H19FN4S/c1-13-16(24-12-22-13)8-11-23(2)17(18-20-9-3-10-21-18)14-4-6-15(19)7-5-14/h3-7,9-10,12,17H,8,11H2,1-2H3/t17-/m1/s1. The third kappa shape index (κ3) is 3.83. The summed E-state index contributed by atoms with van der Waals surface area (Å²) in [5.41, 5.74) is 3.94. The molecule has 0 amide bonds. The van der Waals surface area contributed by atoms with E-state index < -0.39 is 0 Å². The van der Waals surface area contributed by atoms with Crippen molar-refractivity contribution in [2.24, 2.45) is 0 Å². The van der Waals surface area contributed by atoms with Gasteiger partial charge >= 0.3 is 0 Å². The van der Waals surface area contributed by atoms with Gasteiger partial charge in [0, 0.05) is 23.8 Å². The first-order chi connectivity index (χ1) is 11.6. The summed E-state index contributed by atoms with van der Waals surface area (Å²) in [6.45, 7) is 2.87. The van der Waals surface area contributed by atoms with Crippen molar-refractivity contribution in [2.45, 2.75) is 19.4 Å². The molecule has 124 valence electrons. The fraction of sp³-hybridized carbons (Fsp3) is 0.278. The second kappa shape index (κ2) is 7.59. The molecular weight excluding hydrogens is 323 g/mol. The van der Waals surface area contributed by atoms with Crippen molar-refractivity contribution in [3.05, 3.63) is 76.0 Å². The number of likely N-dealkylation sites (N-methyl/N-ethyl adjacent to an activating group) is 1. The average Bonchev–Trinajstić information content (AvgIpc) is 3.01. The summed E-state index contributed by atoms with van der Waals surface area (Å²) >= 11 is 1.68. The van der Waals surface area contributed by atoms with E-state index in [4.69, 9.17) is 0 Å². The van der Waals surface area contributed by atoms with Gasteiger partial charge in [0.05, 0.1) is 17.2 Å². The Morgan fingerprint density at radius 2 is 1.83 bits per heavy atom. The number of nitrogens with zero attached hydrogens (tertiary/aromatic N) is 4. The van der Waals surface area contributed by atoms with Crippen LogP contribution in [0.15, 0.2) is 48.2 Å². The van der Waals surface area contributed by atoms with Gasteiger partial charge in [-0.15, -0.1) is 11.3 Å². The number of thiazole rings is 1. The fourth-order valence-electron chi connectivity index (χ4n) is 2.67. The minimum Gasteiger partial charge on any atom is -0.292 e. The van der Waals surface area contributed by atoms with E-state index in [2.05, 4.69) is 19.9 Å². The highest BCUT2D eigenvalue weighted by atomic mass is 32.1. The monoisotopic (exact) mass is 342 g/mol. The number of rotatable bonds is 6. The number of aryl methyl sites for hydroxylation is 1. The SMILES string of the molecule is Cc1ncsc1CCN(C)[C@H](c1ccc(F)cc1)c1ncccn1. The van der Waals surface area contributed by atoms with Crippen LogP contribution >= 0.6 is 11.3 Å². The molecule has 0 fully saturated rings. The highest BCUT2D eigenvalue weighted by Gasteiger charge is 2.22. The van der Waals surface area contributed by atoms with E-state index in [1.807, 2.05) is 19.5 Å². The summed E-state index contributed by atoms with van der Waals surface area (Å²) in [4.78, 5) is 16.6. The molecule has 0 saturated carbocycles. The van der Waals surface area contributed by atoms with Crippen LogP contribution in [0.5, 0.6) is 0 Å². The van der Waals surface area contributed by atoms with E-state index >= 15 is 0 Å². The van der Waals surface area contributed by atoms with Crippen molar-refractivity contribution >= 4 is 11.3 Å². The molecule has 0 N–H and O–H groups in total. The first kappa shape index (κ1) is 16.7. The molecule has 0 radical (unpaired) electrons. The molecule has 0 aliphatic rings. The molecular formula is C18H19FN4S. The lowest BCUT2D eigenvalue weighted by Gasteiger charge is -2.27. The van der Waals surface area contributed by atoms with Gasteiger partial charge in [-0.25, -0.2) is 19.3 Å². The lowest BCUT2D eigenvalue weighted by atomic mass is 10.0. The molecule has 3 rings (SSSR count). The molecule has 24 heavy (non-hydrogen) atoms. The Morgan fingerprint density at radius 1 is 1.12 bits per heavy atom. The molecule has 0 saturated heterocycles. The quantitative estimate of drug-likeness (QED) is 0.686. The van der Waals surface area contributed by atoms with E-state index in [1.54, 1.807) is 41.9 Å². The third-order valence-electron chi connectivity index (χ3n) is 3.99. The van der Waals surface area contributed by atoms with Gasteiger partial charge in [-0.1, -0.05) is 12.1 Å². The zero-order valence-electron chi connectivity index (χ0n) is 13.7. The molecule has 0 bridgehead atoms. The predicted octanol–water partition coefficient (Wildman–Crippen LogP) is 3.64. The van der Waals surface area contributed by atoms with Gasteiger partial charge in [0.2, 0.25) is 0 Å². The Bertz CT molecular complexity index is 773. The van der Waals surface area contributed by atoms with Gasteiger partial charge in [0.1, 0.15) is 11.6 Å². The van der Waals surface area contributed by atoms with Crippen LogP contribution in [0.25, 0.3) is 0 Å². The van der Waals surface area contributed by atoms with Gasteiger partial charge in [0.25, 0.3) is 0 Å². The van der Waals surface area contributed by atoms with Crippen LogP contribution in [0, 0.1) is 12.7 Å². The molecule has 1 aromatic carbocycles. The summed E-state index contributed by atoms with van der Waals surface area (Å²) in [5, 5.41) is 0. The lowest BCUT2D eigenvalue weighted by Crippen LogP contribution is -2.29. The van der Waals surface area contributed by atoms with E-state index in [0.717, 1.165) is 24.2 Å². The molecule has 3 aromatic rings. The first-order valence-electron chi connectivity index (χ1n) is 7.76. The maximum atomic E-state index is 13.3. The minimum atomic E-state index is -0.241. The van der Waals surface area contributed by atoms with E-state index in [-0.39, 0.29) is 11.9 Å². The normalized spacial score (nSPS) is 12.5. The van der Waals surface area contributed by atoms with Gasteiger partial charge in [-0.2, -0.15) is 0 Å². The van der Waals surface area contributed by atoms with Crippen molar-refractivity contribution in [3.8, 4) is 0 Å². The molecule has 0 aliphatic heterocycles. The Kier molecular flexibility index (Phi) is 5.27. The summed E-state index contributed by atoms with van der Waals surface area (Å²) in [6.07, 6.45) is 4.39. The van der Waals surface area contributed by atoms with Crippen molar-refractivity contribution in [1.29, 1.82) is 0 Å². The fourth-order valence-corrected chi connectivity index (χ4v) is 3.44. The molecule has 4 nitrogen and oxygen atoms in total. The summed E-state index contributed by atoms with van der Waals surface area (Å²) in [5.74, 6) is 0.474. The van der Waals surface area contributed by atoms with Gasteiger partial charge in [-0.3, -0.25) is 4.90 Å². The number of halogens is 1. The van der Waals surface area contributed by atoms with Crippen LogP contribution in [-0.4, -0.2) is 33.4 Å². The van der Waals surface area contributed by atoms with E-state index in [1.165, 1.54) is 17.0 Å². The van der Waals surface area contributed by atoms with Crippen LogP contribution in [0.2, 0.25) is 0 Å². The molecule has 2 heterocycles. The Balaban J connectivity index is 1.83. The molecule has 2 aromatic heterocycles. The summed E-state index contributed by atoms with van der Waals surface area (Å²) < 4.78 is 13.3. The number of hydrogen-bond donors (Lipinski definition) is 0. The van der Waals surface area contributed by atoms with Gasteiger partial charge < -0.3 is 0 Å². The van der Waals surface area contributed by atoms with Crippen LogP contribution < -0.4 is 0 Å². The molecule has 0 aliphatic carbocycles. The Morgan fingerprint density at radius 3 is 2.46 bits per heavy atom. The largest absolute Gasteiger partial charge is 0.292 e. The van der Waals surface area contributed by atoms with E-state index in [0.29, 0.717) is 5.82 Å². The lowest BCUT2D eigenvalue weighted by molar-refractivity contribution is 0.273. The van der Waals surface area contributed by atoms with Crippen molar-refractivity contribution in [3.63, 3.8) is 0 Å². The summed E-state index contributed by atoms with van der Waals surface area (Å²) in [6, 6.07) is 8.24. The topological polar surface area (TPSA) is 41.9 Å². The molecule has 1 atom stereocenters. The number of hydrogen-bond acceptors (Lipinski definition) is 5. The van der Waals surface area contributed by atoms with Gasteiger partial charge in [0.15, 0.2) is 0 Å². The molecule has 0 unspecified atom stereocenters. The van der Waals surface area contributed by atoms with Crippen molar-refractivity contribution in [1.82, 2.24) is 19.9 Å². The van der Waals surface area contributed by atoms with E-state index in [9.17, 15) is 4.39 Å². The van der Waals surface area contributed by atoms with Crippen LogP contribution in [-0.2, 0) is 6.42 Å². The molecule has 6 heteroatoms. The highest BCUT2D eigenvalue weighted by molar-refractivity contribution is 7.09. The second-order valence-electron chi connectivity index (χ2n) is 5.65. The number of benzene rings is 1. The van der Waals surface area contributed by atoms with Crippen LogP contribution in [0.3, 0.4) is 0 Å². The van der Waals surface area contributed by atoms with Gasteiger partial charge in [-0.05, 0) is 44.2 Å². The smallest absolute Gasteiger partial charge is 0.149 e. The molecule has 0 spiro atoms. The third-order valence-corrected chi connectivity index (χ3v) is 4.99. The maximum absolute atomic E-state index is 13.3. The Labute approximate surface area is 145 Å². The predicted molar refractivity (Wildman–Crippen MR) is 93.5 cm³/mol. The highest BCUT2D eigenvalue weighted by Crippen LogP contribution is 2.25. The average molecular weight is 342 g/mol. The zero-order valence-corrected chi connectivity index (χ0v) is 14.5. The van der Waals surface area contributed by atoms with Crippen molar-refractivity contribution < 1.29 is 4.39 Å². The second-order valence-corrected chi connectivity index (χ2v) is 6.59. The first-order valence-corrected chi connectivity index (χ1v) is 8.64. The zero-order chi connectivity index (χ0) is 16.9. The minimum absolute atomic E-state index is 0.111. The van der Waals surface area contributed by atoms with Crippen LogP contribution in [0.1, 0.15) is 28.0 Å². The van der Waals surface area contributed by atoms with Crippen molar-refractivity contribution in [2.75, 3.05) is 13.6 Å². The Hall–Kier alpha value is -2.18. The maximum Gasteiger partial charge on any atom is 0.149 e. The number of aromatic nitrogens is 3.